The van der Waals surface area contributed by atoms with Gasteiger partial charge in [0.2, 0.25) is 0 Å². The van der Waals surface area contributed by atoms with Gasteiger partial charge in [-0.2, -0.15) is 0 Å². The Morgan fingerprint density at radius 2 is 2.21 bits per heavy atom. The molecule has 0 saturated carbocycles. The van der Waals surface area contributed by atoms with E-state index in [1.54, 1.807) is 12.4 Å². The van der Waals surface area contributed by atoms with Gasteiger partial charge in [-0.25, -0.2) is 4.98 Å². The molecule has 0 aliphatic heterocycles. The fourth-order valence-electron chi connectivity index (χ4n) is 2.55. The van der Waals surface area contributed by atoms with E-state index in [1.165, 1.54) is 0 Å². The SMILES string of the molecule is Cc1ccn2c(C(=O)NC[C@@H](C)Oc3cccnc3)c(C)nc2c1. The van der Waals surface area contributed by atoms with Crippen molar-refractivity contribution >= 4 is 11.6 Å². The van der Waals surface area contributed by atoms with Gasteiger partial charge >= 0.3 is 0 Å². The van der Waals surface area contributed by atoms with Crippen LogP contribution in [0.4, 0.5) is 0 Å². The van der Waals surface area contributed by atoms with Crippen LogP contribution in [0.1, 0.15) is 28.7 Å². The van der Waals surface area contributed by atoms with Gasteiger partial charge in [0, 0.05) is 12.4 Å². The molecule has 0 aromatic carbocycles. The summed E-state index contributed by atoms with van der Waals surface area (Å²) in [6.45, 7) is 6.14. The normalized spacial score (nSPS) is 12.1. The van der Waals surface area contributed by atoms with Gasteiger partial charge < -0.3 is 10.1 Å². The highest BCUT2D eigenvalue weighted by molar-refractivity contribution is 5.94. The Kier molecular flexibility index (Phi) is 4.46. The standard InChI is InChI=1S/C18H20N4O2/c1-12-6-8-22-16(9-12)21-14(3)17(22)18(23)20-10-13(2)24-15-5-4-7-19-11-15/h4-9,11,13H,10H2,1-3H3,(H,20,23)/t13-/m1/s1. The minimum atomic E-state index is -0.167. The van der Waals surface area contributed by atoms with Crippen molar-refractivity contribution in [3.05, 3.63) is 59.8 Å². The number of pyridine rings is 2. The largest absolute Gasteiger partial charge is 0.487 e. The van der Waals surface area contributed by atoms with Crippen LogP contribution in [0.5, 0.6) is 5.75 Å². The van der Waals surface area contributed by atoms with Crippen molar-refractivity contribution in [1.29, 1.82) is 0 Å². The zero-order chi connectivity index (χ0) is 17.1. The van der Waals surface area contributed by atoms with Gasteiger partial charge in [0.1, 0.15) is 23.2 Å². The molecular formula is C18H20N4O2. The fourth-order valence-corrected chi connectivity index (χ4v) is 2.55. The molecule has 0 spiro atoms. The molecule has 0 radical (unpaired) electrons. The maximum absolute atomic E-state index is 12.5. The molecule has 1 atom stereocenters. The molecule has 0 aliphatic carbocycles. The minimum Gasteiger partial charge on any atom is -0.487 e. The fraction of sp³-hybridized carbons (Fsp3) is 0.278. The number of nitrogens with one attached hydrogen (secondary N) is 1. The summed E-state index contributed by atoms with van der Waals surface area (Å²) in [5.41, 5.74) is 3.15. The Morgan fingerprint density at radius 3 is 2.96 bits per heavy atom. The number of fused-ring (bicyclic) bond motifs is 1. The zero-order valence-corrected chi connectivity index (χ0v) is 14.0. The van der Waals surface area contributed by atoms with Gasteiger partial charge in [-0.15, -0.1) is 0 Å². The third-order valence-corrected chi connectivity index (χ3v) is 3.69. The Bertz CT molecular complexity index is 858. The molecule has 24 heavy (non-hydrogen) atoms. The van der Waals surface area contributed by atoms with E-state index in [1.807, 2.05) is 55.6 Å². The molecule has 3 rings (SSSR count). The summed E-state index contributed by atoms with van der Waals surface area (Å²) in [5, 5.41) is 2.91. The maximum atomic E-state index is 12.5. The van der Waals surface area contributed by atoms with Crippen molar-refractivity contribution in [2.45, 2.75) is 26.9 Å². The average Bonchev–Trinajstić information content (AvgIpc) is 2.88. The molecule has 0 fully saturated rings. The predicted molar refractivity (Wildman–Crippen MR) is 91.3 cm³/mol. The van der Waals surface area contributed by atoms with Crippen LogP contribution in [0.3, 0.4) is 0 Å². The first kappa shape index (κ1) is 16.0. The van der Waals surface area contributed by atoms with Crippen LogP contribution >= 0.6 is 0 Å². The number of hydrogen-bond donors (Lipinski definition) is 1. The lowest BCUT2D eigenvalue weighted by Crippen LogP contribution is -2.34. The van der Waals surface area contributed by atoms with Gasteiger partial charge in [0.15, 0.2) is 0 Å². The number of aryl methyl sites for hydroxylation is 2. The Morgan fingerprint density at radius 1 is 1.38 bits per heavy atom. The molecule has 0 bridgehead atoms. The molecule has 1 amide bonds. The lowest BCUT2D eigenvalue weighted by molar-refractivity contribution is 0.0925. The van der Waals surface area contributed by atoms with Crippen molar-refractivity contribution < 1.29 is 9.53 Å². The van der Waals surface area contributed by atoms with Gasteiger partial charge in [0.25, 0.3) is 5.91 Å². The molecule has 3 aromatic heterocycles. The first-order valence-electron chi connectivity index (χ1n) is 7.85. The van der Waals surface area contributed by atoms with Gasteiger partial charge in [0.05, 0.1) is 18.4 Å². The van der Waals surface area contributed by atoms with Crippen molar-refractivity contribution in [3.8, 4) is 5.75 Å². The highest BCUT2D eigenvalue weighted by Gasteiger charge is 2.17. The van der Waals surface area contributed by atoms with Crippen molar-refractivity contribution in [1.82, 2.24) is 19.7 Å². The van der Waals surface area contributed by atoms with E-state index in [0.29, 0.717) is 23.7 Å². The van der Waals surface area contributed by atoms with Crippen molar-refractivity contribution in [2.24, 2.45) is 0 Å². The van der Waals surface area contributed by atoms with E-state index < -0.39 is 0 Å². The summed E-state index contributed by atoms with van der Waals surface area (Å²) in [5.74, 6) is 0.520. The second kappa shape index (κ2) is 6.70. The molecule has 0 unspecified atom stereocenters. The molecule has 1 N–H and O–H groups in total. The monoisotopic (exact) mass is 324 g/mol. The molecule has 3 aromatic rings. The van der Waals surface area contributed by atoms with Crippen LogP contribution in [0.25, 0.3) is 5.65 Å². The molecule has 124 valence electrons. The third kappa shape index (κ3) is 3.37. The van der Waals surface area contributed by atoms with E-state index in [0.717, 1.165) is 11.2 Å². The van der Waals surface area contributed by atoms with E-state index >= 15 is 0 Å². The molecule has 0 aliphatic rings. The zero-order valence-electron chi connectivity index (χ0n) is 14.0. The number of imidazole rings is 1. The summed E-state index contributed by atoms with van der Waals surface area (Å²) in [6, 6.07) is 7.56. The highest BCUT2D eigenvalue weighted by atomic mass is 16.5. The van der Waals surface area contributed by atoms with Crippen LogP contribution in [-0.4, -0.2) is 32.9 Å². The summed E-state index contributed by atoms with van der Waals surface area (Å²) >= 11 is 0. The van der Waals surface area contributed by atoms with E-state index in [9.17, 15) is 4.79 Å². The average molecular weight is 324 g/mol. The topological polar surface area (TPSA) is 68.5 Å². The Labute approximate surface area is 140 Å². The number of nitrogens with zero attached hydrogens (tertiary/aromatic N) is 3. The first-order chi connectivity index (χ1) is 11.5. The van der Waals surface area contributed by atoms with Crippen LogP contribution in [0, 0.1) is 13.8 Å². The van der Waals surface area contributed by atoms with Crippen LogP contribution < -0.4 is 10.1 Å². The molecular weight excluding hydrogens is 304 g/mol. The molecule has 0 saturated heterocycles. The lowest BCUT2D eigenvalue weighted by Gasteiger charge is -2.15. The first-order valence-corrected chi connectivity index (χ1v) is 7.85. The lowest BCUT2D eigenvalue weighted by atomic mass is 10.3. The van der Waals surface area contributed by atoms with Crippen molar-refractivity contribution in [3.63, 3.8) is 0 Å². The van der Waals surface area contributed by atoms with Gasteiger partial charge in [-0.05, 0) is 50.6 Å². The number of carbonyl (C=O) groups excluding carboxylic acids is 1. The Hall–Kier alpha value is -2.89. The summed E-state index contributed by atoms with van der Waals surface area (Å²) in [6.07, 6.45) is 5.04. The van der Waals surface area contributed by atoms with E-state index in [4.69, 9.17) is 4.74 Å². The van der Waals surface area contributed by atoms with E-state index in [-0.39, 0.29) is 12.0 Å². The van der Waals surface area contributed by atoms with Crippen LogP contribution in [0.2, 0.25) is 0 Å². The summed E-state index contributed by atoms with van der Waals surface area (Å²) < 4.78 is 7.53. The molecule has 6 heteroatoms. The smallest absolute Gasteiger partial charge is 0.270 e. The minimum absolute atomic E-state index is 0.162. The second-order valence-corrected chi connectivity index (χ2v) is 5.81. The van der Waals surface area contributed by atoms with Gasteiger partial charge in [-0.1, -0.05) is 0 Å². The number of amides is 1. The predicted octanol–water partition coefficient (Wildman–Crippen LogP) is 2.54. The molecule has 6 nitrogen and oxygen atoms in total. The quantitative estimate of drug-likeness (QED) is 0.783. The second-order valence-electron chi connectivity index (χ2n) is 5.81. The molecule has 3 heterocycles. The van der Waals surface area contributed by atoms with E-state index in [2.05, 4.69) is 15.3 Å². The third-order valence-electron chi connectivity index (χ3n) is 3.69. The summed E-state index contributed by atoms with van der Waals surface area (Å²) in [7, 11) is 0. The number of rotatable bonds is 5. The number of hydrogen-bond acceptors (Lipinski definition) is 4. The van der Waals surface area contributed by atoms with Crippen molar-refractivity contribution in [2.75, 3.05) is 6.54 Å². The van der Waals surface area contributed by atoms with Crippen LogP contribution in [0.15, 0.2) is 42.9 Å². The summed E-state index contributed by atoms with van der Waals surface area (Å²) in [4.78, 5) is 21.0. The number of aromatic nitrogens is 3. The van der Waals surface area contributed by atoms with Crippen LogP contribution in [-0.2, 0) is 0 Å². The highest BCUT2D eigenvalue weighted by Crippen LogP contribution is 2.14. The van der Waals surface area contributed by atoms with Gasteiger partial charge in [-0.3, -0.25) is 14.2 Å². The Balaban J connectivity index is 1.68. The number of ether oxygens (including phenoxy) is 1. The maximum Gasteiger partial charge on any atom is 0.270 e. The number of carbonyl (C=O) groups is 1.